The molecule has 1 aromatic carbocycles. The molecule has 0 spiro atoms. The van der Waals surface area contributed by atoms with Gasteiger partial charge in [-0.3, -0.25) is 0 Å². The lowest BCUT2D eigenvalue weighted by Gasteiger charge is -2.23. The van der Waals surface area contributed by atoms with E-state index in [-0.39, 0.29) is 0 Å². The highest BCUT2D eigenvalue weighted by Crippen LogP contribution is 2.56. The lowest BCUT2D eigenvalue weighted by Crippen LogP contribution is -2.34. The highest BCUT2D eigenvalue weighted by molar-refractivity contribution is 5.35. The van der Waals surface area contributed by atoms with Gasteiger partial charge in [0.15, 0.2) is 0 Å². The topological polar surface area (TPSA) is 12.0 Å². The second-order valence-corrected chi connectivity index (χ2v) is 4.39. The van der Waals surface area contributed by atoms with E-state index in [0.717, 1.165) is 5.92 Å². The van der Waals surface area contributed by atoms with Gasteiger partial charge in [-0.2, -0.15) is 0 Å². The third-order valence-electron chi connectivity index (χ3n) is 3.69. The maximum atomic E-state index is 3.52. The van der Waals surface area contributed by atoms with Gasteiger partial charge in [-0.15, -0.1) is 0 Å². The van der Waals surface area contributed by atoms with Gasteiger partial charge in [0.25, 0.3) is 0 Å². The third-order valence-corrected chi connectivity index (χ3v) is 3.69. The number of piperidine rings is 1. The molecule has 0 radical (unpaired) electrons. The molecule has 13 heavy (non-hydrogen) atoms. The summed E-state index contributed by atoms with van der Waals surface area (Å²) in [6, 6.07) is 11.0. The van der Waals surface area contributed by atoms with Crippen LogP contribution in [0.1, 0.15) is 18.4 Å². The Hall–Kier alpha value is -0.820. The van der Waals surface area contributed by atoms with Gasteiger partial charge in [0.2, 0.25) is 0 Å². The zero-order valence-electron chi connectivity index (χ0n) is 7.79. The molecule has 1 heterocycles. The van der Waals surface area contributed by atoms with Crippen molar-refractivity contribution in [3.05, 3.63) is 35.9 Å². The molecule has 0 bridgehead atoms. The quantitative estimate of drug-likeness (QED) is 0.684. The average Bonchev–Trinajstić information content (AvgIpc) is 2.94. The monoisotopic (exact) mass is 173 g/mol. The Balaban J connectivity index is 1.94. The predicted octanol–water partition coefficient (Wildman–Crippen LogP) is 1.94. The molecule has 68 valence electrons. The van der Waals surface area contributed by atoms with Crippen molar-refractivity contribution in [2.75, 3.05) is 13.1 Å². The standard InChI is InChI=1S/C12H15N/c1-2-4-10(5-3-1)12-8-11(12)6-7-13-9-12/h1-5,11,13H,6-9H2/t11-,12+/m0/s1. The number of fused-ring (bicyclic) bond motifs is 1. The van der Waals surface area contributed by atoms with E-state index < -0.39 is 0 Å². The first-order valence-corrected chi connectivity index (χ1v) is 5.18. The molecule has 0 unspecified atom stereocenters. The van der Waals surface area contributed by atoms with Crippen LogP contribution in [0.4, 0.5) is 0 Å². The average molecular weight is 173 g/mol. The fraction of sp³-hybridized carbons (Fsp3) is 0.500. The van der Waals surface area contributed by atoms with E-state index in [9.17, 15) is 0 Å². The molecule has 0 aromatic heterocycles. The van der Waals surface area contributed by atoms with Crippen molar-refractivity contribution in [3.63, 3.8) is 0 Å². The lowest BCUT2D eigenvalue weighted by molar-refractivity contribution is 0.447. The van der Waals surface area contributed by atoms with Gasteiger partial charge in [-0.05, 0) is 30.9 Å². The molecular formula is C12H15N. The van der Waals surface area contributed by atoms with Gasteiger partial charge in [0.05, 0.1) is 0 Å². The minimum atomic E-state index is 0.527. The molecule has 1 heteroatoms. The molecule has 1 aromatic rings. The zero-order chi connectivity index (χ0) is 8.73. The van der Waals surface area contributed by atoms with Gasteiger partial charge in [-0.25, -0.2) is 0 Å². The molecule has 1 aliphatic heterocycles. The van der Waals surface area contributed by atoms with Crippen molar-refractivity contribution in [1.29, 1.82) is 0 Å². The first-order chi connectivity index (χ1) is 6.42. The summed E-state index contributed by atoms with van der Waals surface area (Å²) in [5, 5.41) is 3.52. The zero-order valence-corrected chi connectivity index (χ0v) is 7.79. The van der Waals surface area contributed by atoms with Crippen molar-refractivity contribution in [2.24, 2.45) is 5.92 Å². The fourth-order valence-electron chi connectivity index (χ4n) is 2.79. The van der Waals surface area contributed by atoms with Crippen LogP contribution in [-0.4, -0.2) is 13.1 Å². The number of hydrogen-bond donors (Lipinski definition) is 1. The molecular weight excluding hydrogens is 158 g/mol. The maximum Gasteiger partial charge on any atom is 0.0110 e. The molecule has 3 rings (SSSR count). The van der Waals surface area contributed by atoms with E-state index >= 15 is 0 Å². The molecule has 1 N–H and O–H groups in total. The van der Waals surface area contributed by atoms with Crippen LogP contribution in [0.25, 0.3) is 0 Å². The summed E-state index contributed by atoms with van der Waals surface area (Å²) >= 11 is 0. The highest BCUT2D eigenvalue weighted by Gasteiger charge is 2.55. The second kappa shape index (κ2) is 2.58. The van der Waals surface area contributed by atoms with Crippen LogP contribution < -0.4 is 5.32 Å². The third kappa shape index (κ3) is 1.03. The highest BCUT2D eigenvalue weighted by atomic mass is 14.9. The van der Waals surface area contributed by atoms with E-state index in [1.165, 1.54) is 25.9 Å². The molecule has 1 saturated heterocycles. The Morgan fingerprint density at radius 3 is 2.85 bits per heavy atom. The number of benzene rings is 1. The van der Waals surface area contributed by atoms with Crippen LogP contribution in [0.3, 0.4) is 0 Å². The first kappa shape index (κ1) is 7.57. The Bertz CT molecular complexity index is 306. The summed E-state index contributed by atoms with van der Waals surface area (Å²) in [6.45, 7) is 2.42. The summed E-state index contributed by atoms with van der Waals surface area (Å²) in [4.78, 5) is 0. The summed E-state index contributed by atoms with van der Waals surface area (Å²) < 4.78 is 0. The van der Waals surface area contributed by atoms with Crippen LogP contribution in [0.15, 0.2) is 30.3 Å². The van der Waals surface area contributed by atoms with E-state index in [0.29, 0.717) is 5.41 Å². The molecule has 2 fully saturated rings. The minimum absolute atomic E-state index is 0.527. The van der Waals surface area contributed by atoms with Crippen LogP contribution in [-0.2, 0) is 5.41 Å². The van der Waals surface area contributed by atoms with Crippen molar-refractivity contribution in [2.45, 2.75) is 18.3 Å². The van der Waals surface area contributed by atoms with Crippen molar-refractivity contribution in [3.8, 4) is 0 Å². The maximum absolute atomic E-state index is 3.52. The Labute approximate surface area is 79.2 Å². The lowest BCUT2D eigenvalue weighted by atomic mass is 9.90. The second-order valence-electron chi connectivity index (χ2n) is 4.39. The first-order valence-electron chi connectivity index (χ1n) is 5.18. The molecule has 1 aliphatic carbocycles. The Morgan fingerprint density at radius 1 is 1.23 bits per heavy atom. The summed E-state index contributed by atoms with van der Waals surface area (Å²) in [5.41, 5.74) is 2.08. The number of hydrogen-bond acceptors (Lipinski definition) is 1. The van der Waals surface area contributed by atoms with E-state index in [4.69, 9.17) is 0 Å². The van der Waals surface area contributed by atoms with Crippen LogP contribution in [0.2, 0.25) is 0 Å². The van der Waals surface area contributed by atoms with Crippen LogP contribution in [0.5, 0.6) is 0 Å². The van der Waals surface area contributed by atoms with Gasteiger partial charge < -0.3 is 5.32 Å². The van der Waals surface area contributed by atoms with Crippen molar-refractivity contribution in [1.82, 2.24) is 5.32 Å². The summed E-state index contributed by atoms with van der Waals surface area (Å²) in [5.74, 6) is 0.969. The van der Waals surface area contributed by atoms with Crippen molar-refractivity contribution >= 4 is 0 Å². The van der Waals surface area contributed by atoms with Gasteiger partial charge in [0, 0.05) is 12.0 Å². The smallest absolute Gasteiger partial charge is 0.0110 e. The Kier molecular flexibility index (Phi) is 1.50. The van der Waals surface area contributed by atoms with Crippen molar-refractivity contribution < 1.29 is 0 Å². The van der Waals surface area contributed by atoms with Gasteiger partial charge in [0.1, 0.15) is 0 Å². The molecule has 1 nitrogen and oxygen atoms in total. The largest absolute Gasteiger partial charge is 0.316 e. The Morgan fingerprint density at radius 2 is 2.08 bits per heavy atom. The fourth-order valence-corrected chi connectivity index (χ4v) is 2.79. The van der Waals surface area contributed by atoms with E-state index in [2.05, 4.69) is 35.6 Å². The van der Waals surface area contributed by atoms with Crippen LogP contribution >= 0.6 is 0 Å². The number of nitrogens with one attached hydrogen (secondary N) is 1. The molecule has 2 aliphatic rings. The summed E-state index contributed by atoms with van der Waals surface area (Å²) in [6.07, 6.45) is 2.78. The van der Waals surface area contributed by atoms with Gasteiger partial charge in [-0.1, -0.05) is 30.3 Å². The summed E-state index contributed by atoms with van der Waals surface area (Å²) in [7, 11) is 0. The molecule has 0 amide bonds. The van der Waals surface area contributed by atoms with E-state index in [1.54, 1.807) is 5.56 Å². The molecule has 2 atom stereocenters. The molecule has 1 saturated carbocycles. The van der Waals surface area contributed by atoms with E-state index in [1.807, 2.05) is 0 Å². The van der Waals surface area contributed by atoms with Gasteiger partial charge >= 0.3 is 0 Å². The predicted molar refractivity (Wildman–Crippen MR) is 53.7 cm³/mol. The van der Waals surface area contributed by atoms with Crippen LogP contribution in [0, 0.1) is 5.92 Å². The normalized spacial score (nSPS) is 36.8. The SMILES string of the molecule is c1ccc([C@@]23CNCC[C@H]2C3)cc1. The number of rotatable bonds is 1. The minimum Gasteiger partial charge on any atom is -0.316 e.